The Balaban J connectivity index is 1.72. The highest BCUT2D eigenvalue weighted by Gasteiger charge is 2.11. The van der Waals surface area contributed by atoms with Gasteiger partial charge < -0.3 is 15.4 Å². The molecule has 144 valence electrons. The first-order chi connectivity index (χ1) is 13.4. The van der Waals surface area contributed by atoms with Gasteiger partial charge in [-0.05, 0) is 69.2 Å². The fourth-order valence-corrected chi connectivity index (χ4v) is 2.89. The van der Waals surface area contributed by atoms with Crippen LogP contribution in [0.15, 0.2) is 60.9 Å². The number of nitrogens with zero attached hydrogens (tertiary/aromatic N) is 1. The molecule has 5 nitrogen and oxygen atoms in total. The molecule has 1 aromatic heterocycles. The largest absolute Gasteiger partial charge is 0.491 e. The molecule has 1 heterocycles. The van der Waals surface area contributed by atoms with Gasteiger partial charge in [0, 0.05) is 17.6 Å². The molecule has 0 fully saturated rings. The molecule has 0 aliphatic heterocycles. The van der Waals surface area contributed by atoms with Crippen LogP contribution in [0.25, 0.3) is 0 Å². The number of pyridine rings is 1. The molecule has 3 aromatic rings. The number of ether oxygens (including phenoxy) is 1. The number of aryl methyl sites for hydroxylation is 2. The van der Waals surface area contributed by atoms with Crippen molar-refractivity contribution in [2.45, 2.75) is 33.8 Å². The fraction of sp³-hybridized carbons (Fsp3) is 0.217. The van der Waals surface area contributed by atoms with Crippen LogP contribution in [0.1, 0.15) is 35.3 Å². The summed E-state index contributed by atoms with van der Waals surface area (Å²) in [5.41, 5.74) is 5.02. The molecule has 0 radical (unpaired) electrons. The van der Waals surface area contributed by atoms with Crippen molar-refractivity contribution in [1.82, 2.24) is 4.98 Å². The maximum absolute atomic E-state index is 12.7. The van der Waals surface area contributed by atoms with Gasteiger partial charge in [-0.2, -0.15) is 0 Å². The smallest absolute Gasteiger partial charge is 0.257 e. The average Bonchev–Trinajstić information content (AvgIpc) is 2.66. The van der Waals surface area contributed by atoms with Crippen LogP contribution in [0.2, 0.25) is 0 Å². The van der Waals surface area contributed by atoms with E-state index in [-0.39, 0.29) is 12.0 Å². The molecule has 0 bridgehead atoms. The van der Waals surface area contributed by atoms with Crippen LogP contribution in [0, 0.1) is 13.8 Å². The first-order valence-electron chi connectivity index (χ1n) is 9.29. The monoisotopic (exact) mass is 375 g/mol. The zero-order valence-corrected chi connectivity index (χ0v) is 16.6. The van der Waals surface area contributed by atoms with Crippen LogP contribution in [-0.2, 0) is 0 Å². The minimum atomic E-state index is -0.186. The van der Waals surface area contributed by atoms with E-state index in [0.717, 1.165) is 33.9 Å². The second kappa shape index (κ2) is 8.57. The fourth-order valence-electron chi connectivity index (χ4n) is 2.89. The van der Waals surface area contributed by atoms with E-state index in [0.29, 0.717) is 5.56 Å². The molecule has 2 aromatic carbocycles. The summed E-state index contributed by atoms with van der Waals surface area (Å²) >= 11 is 0. The third kappa shape index (κ3) is 4.88. The van der Waals surface area contributed by atoms with E-state index in [1.807, 2.05) is 70.2 Å². The zero-order valence-electron chi connectivity index (χ0n) is 16.6. The predicted octanol–water partition coefficient (Wildman–Crippen LogP) is 5.48. The molecule has 0 aliphatic rings. The van der Waals surface area contributed by atoms with Crippen molar-refractivity contribution in [2.75, 3.05) is 10.6 Å². The SMILES string of the molecule is Cc1cccc(C)c1NC(=O)c1cncc(Nc2ccc(OC(C)C)cc2)c1. The van der Waals surface area contributed by atoms with E-state index < -0.39 is 0 Å². The van der Waals surface area contributed by atoms with Gasteiger partial charge in [0.1, 0.15) is 5.75 Å². The topological polar surface area (TPSA) is 63.2 Å². The summed E-state index contributed by atoms with van der Waals surface area (Å²) < 4.78 is 5.65. The van der Waals surface area contributed by atoms with Crippen molar-refractivity contribution in [3.8, 4) is 5.75 Å². The first-order valence-corrected chi connectivity index (χ1v) is 9.29. The summed E-state index contributed by atoms with van der Waals surface area (Å²) in [5, 5.41) is 6.26. The van der Waals surface area contributed by atoms with Gasteiger partial charge in [-0.25, -0.2) is 0 Å². The number of hydrogen-bond acceptors (Lipinski definition) is 4. The van der Waals surface area contributed by atoms with Gasteiger partial charge >= 0.3 is 0 Å². The Morgan fingerprint density at radius 3 is 2.29 bits per heavy atom. The number of carbonyl (C=O) groups excluding carboxylic acids is 1. The Kier molecular flexibility index (Phi) is 5.94. The van der Waals surface area contributed by atoms with Crippen LogP contribution in [0.4, 0.5) is 17.1 Å². The van der Waals surface area contributed by atoms with Gasteiger partial charge in [0.25, 0.3) is 5.91 Å². The van der Waals surface area contributed by atoms with Crippen LogP contribution in [-0.4, -0.2) is 17.0 Å². The number of amides is 1. The molecule has 5 heteroatoms. The molecule has 2 N–H and O–H groups in total. The average molecular weight is 375 g/mol. The van der Waals surface area contributed by atoms with Gasteiger partial charge in [0.2, 0.25) is 0 Å². The van der Waals surface area contributed by atoms with E-state index in [1.165, 1.54) is 0 Å². The highest BCUT2D eigenvalue weighted by Crippen LogP contribution is 2.23. The highest BCUT2D eigenvalue weighted by atomic mass is 16.5. The first kappa shape index (κ1) is 19.4. The predicted molar refractivity (Wildman–Crippen MR) is 114 cm³/mol. The van der Waals surface area contributed by atoms with Gasteiger partial charge in [0.15, 0.2) is 0 Å². The Bertz CT molecular complexity index is 946. The molecule has 3 rings (SSSR count). The standard InChI is InChI=1S/C23H25N3O2/c1-15(2)28-21-10-8-19(9-11-21)25-20-12-18(13-24-14-20)23(27)26-22-16(3)6-5-7-17(22)4/h5-15,25H,1-4H3,(H,26,27). The number of benzene rings is 2. The summed E-state index contributed by atoms with van der Waals surface area (Å²) in [5.74, 6) is 0.634. The van der Waals surface area contributed by atoms with Crippen molar-refractivity contribution in [3.05, 3.63) is 77.6 Å². The lowest BCUT2D eigenvalue weighted by Gasteiger charge is -2.13. The number of nitrogens with one attached hydrogen (secondary N) is 2. The second-order valence-corrected chi connectivity index (χ2v) is 7.00. The summed E-state index contributed by atoms with van der Waals surface area (Å²) in [7, 11) is 0. The van der Waals surface area contributed by atoms with E-state index >= 15 is 0 Å². The minimum Gasteiger partial charge on any atom is -0.491 e. The molecular weight excluding hydrogens is 350 g/mol. The summed E-state index contributed by atoms with van der Waals surface area (Å²) in [6.07, 6.45) is 3.39. The van der Waals surface area contributed by atoms with Gasteiger partial charge in [-0.3, -0.25) is 9.78 Å². The summed E-state index contributed by atoms with van der Waals surface area (Å²) in [6.45, 7) is 7.94. The van der Waals surface area contributed by atoms with Crippen molar-refractivity contribution in [1.29, 1.82) is 0 Å². The van der Waals surface area contributed by atoms with Gasteiger partial charge in [-0.15, -0.1) is 0 Å². The van der Waals surface area contributed by atoms with E-state index in [4.69, 9.17) is 4.74 Å². The molecule has 28 heavy (non-hydrogen) atoms. The third-order valence-corrected chi connectivity index (χ3v) is 4.23. The number of hydrogen-bond donors (Lipinski definition) is 2. The lowest BCUT2D eigenvalue weighted by Crippen LogP contribution is -2.14. The number of anilines is 3. The summed E-state index contributed by atoms with van der Waals surface area (Å²) in [4.78, 5) is 16.9. The molecule has 0 aliphatic carbocycles. The molecule has 0 atom stereocenters. The van der Waals surface area contributed by atoms with Crippen molar-refractivity contribution >= 4 is 23.0 Å². The summed E-state index contributed by atoms with van der Waals surface area (Å²) in [6, 6.07) is 15.4. The van der Waals surface area contributed by atoms with E-state index in [2.05, 4.69) is 15.6 Å². The number of aromatic nitrogens is 1. The molecule has 0 saturated heterocycles. The van der Waals surface area contributed by atoms with Crippen molar-refractivity contribution < 1.29 is 9.53 Å². The Morgan fingerprint density at radius 2 is 1.64 bits per heavy atom. The maximum Gasteiger partial charge on any atom is 0.257 e. The minimum absolute atomic E-state index is 0.134. The van der Waals surface area contributed by atoms with Crippen LogP contribution < -0.4 is 15.4 Å². The normalized spacial score (nSPS) is 10.6. The molecule has 1 amide bonds. The quantitative estimate of drug-likeness (QED) is 0.599. The number of para-hydroxylation sites is 1. The molecule has 0 saturated carbocycles. The number of carbonyl (C=O) groups is 1. The highest BCUT2D eigenvalue weighted by molar-refractivity contribution is 6.05. The Labute approximate surface area is 165 Å². The maximum atomic E-state index is 12.7. The Hall–Kier alpha value is -3.34. The molecule has 0 spiro atoms. The zero-order chi connectivity index (χ0) is 20.1. The van der Waals surface area contributed by atoms with Crippen molar-refractivity contribution in [2.24, 2.45) is 0 Å². The van der Waals surface area contributed by atoms with Crippen LogP contribution in [0.5, 0.6) is 5.75 Å². The van der Waals surface area contributed by atoms with Crippen LogP contribution >= 0.6 is 0 Å². The lowest BCUT2D eigenvalue weighted by atomic mass is 10.1. The number of rotatable bonds is 6. The van der Waals surface area contributed by atoms with Crippen molar-refractivity contribution in [3.63, 3.8) is 0 Å². The molecule has 0 unspecified atom stereocenters. The lowest BCUT2D eigenvalue weighted by molar-refractivity contribution is 0.102. The van der Waals surface area contributed by atoms with E-state index in [9.17, 15) is 4.79 Å². The second-order valence-electron chi connectivity index (χ2n) is 7.00. The van der Waals surface area contributed by atoms with E-state index in [1.54, 1.807) is 18.5 Å². The van der Waals surface area contributed by atoms with Crippen LogP contribution in [0.3, 0.4) is 0 Å². The van der Waals surface area contributed by atoms with Gasteiger partial charge in [0.05, 0.1) is 23.6 Å². The molecular formula is C23H25N3O2. The third-order valence-electron chi connectivity index (χ3n) is 4.23. The van der Waals surface area contributed by atoms with Gasteiger partial charge in [-0.1, -0.05) is 18.2 Å². The Morgan fingerprint density at radius 1 is 0.964 bits per heavy atom.